The van der Waals surface area contributed by atoms with Crippen molar-refractivity contribution in [2.75, 3.05) is 26.3 Å². The number of esters is 1. The van der Waals surface area contributed by atoms with Gasteiger partial charge in [-0.2, -0.15) is 0 Å². The molecule has 6 rings (SSSR count). The largest absolute Gasteiger partial charge is 0.482 e. The number of benzene rings is 2. The standard InChI is InChI=1S/C34H39ClFN3O4/c1-4-41-32(40)11-10-30-22(2)37-31(39(30)20-26-14-17-42-26)21-38-15-12-23(13-16-38)27-7-5-6-24-19-34(3,43-33(24)27)28-9-8-25(35)18-29(28)36/h5-11,18,23,26H,4,12-17,19-21H2,1-3H3/b11-10+. The summed E-state index contributed by atoms with van der Waals surface area (Å²) in [7, 11) is 0. The van der Waals surface area contributed by atoms with Crippen LogP contribution >= 0.6 is 11.6 Å². The van der Waals surface area contributed by atoms with Gasteiger partial charge in [-0.1, -0.05) is 35.9 Å². The molecule has 4 heterocycles. The summed E-state index contributed by atoms with van der Waals surface area (Å²) in [5.41, 5.74) is 3.90. The molecule has 3 aliphatic rings. The van der Waals surface area contributed by atoms with Gasteiger partial charge >= 0.3 is 5.97 Å². The maximum Gasteiger partial charge on any atom is 0.330 e. The summed E-state index contributed by atoms with van der Waals surface area (Å²) in [5.74, 6) is 1.56. The van der Waals surface area contributed by atoms with Gasteiger partial charge in [0.1, 0.15) is 23.0 Å². The molecule has 0 spiro atoms. The number of piperidine rings is 1. The Morgan fingerprint density at radius 3 is 2.72 bits per heavy atom. The minimum atomic E-state index is -0.771. The number of aryl methyl sites for hydroxylation is 1. The minimum Gasteiger partial charge on any atom is -0.482 e. The highest BCUT2D eigenvalue weighted by atomic mass is 35.5. The zero-order chi connectivity index (χ0) is 30.1. The lowest BCUT2D eigenvalue weighted by Gasteiger charge is -2.33. The number of hydrogen-bond donors (Lipinski definition) is 0. The van der Waals surface area contributed by atoms with Crippen molar-refractivity contribution in [3.63, 3.8) is 0 Å². The Hall–Kier alpha value is -3.20. The van der Waals surface area contributed by atoms with E-state index < -0.39 is 5.60 Å². The van der Waals surface area contributed by atoms with Gasteiger partial charge in [0.05, 0.1) is 37.2 Å². The zero-order valence-corrected chi connectivity index (χ0v) is 25.8. The number of fused-ring (bicyclic) bond motifs is 1. The molecule has 2 unspecified atom stereocenters. The zero-order valence-electron chi connectivity index (χ0n) is 25.1. The second-order valence-corrected chi connectivity index (χ2v) is 12.4. The van der Waals surface area contributed by atoms with Gasteiger partial charge in [-0.15, -0.1) is 0 Å². The molecule has 2 saturated heterocycles. The molecular formula is C34H39ClFN3O4. The second-order valence-electron chi connectivity index (χ2n) is 12.0. The number of halogens is 2. The van der Waals surface area contributed by atoms with Crippen LogP contribution < -0.4 is 4.74 Å². The summed E-state index contributed by atoms with van der Waals surface area (Å²) in [6.45, 7) is 10.2. The summed E-state index contributed by atoms with van der Waals surface area (Å²) < 4.78 is 34.5. The van der Waals surface area contributed by atoms with E-state index >= 15 is 0 Å². The van der Waals surface area contributed by atoms with E-state index in [1.165, 1.54) is 17.7 Å². The first-order valence-corrected chi connectivity index (χ1v) is 15.6. The molecule has 1 aromatic heterocycles. The Labute approximate surface area is 257 Å². The van der Waals surface area contributed by atoms with Crippen LogP contribution in [0.1, 0.15) is 72.9 Å². The Balaban J connectivity index is 1.15. The summed E-state index contributed by atoms with van der Waals surface area (Å²) >= 11 is 6.02. The topological polar surface area (TPSA) is 65.8 Å². The van der Waals surface area contributed by atoms with Crippen molar-refractivity contribution in [1.29, 1.82) is 0 Å². The fourth-order valence-electron chi connectivity index (χ4n) is 6.64. The van der Waals surface area contributed by atoms with Gasteiger partial charge in [-0.05, 0) is 88.4 Å². The van der Waals surface area contributed by atoms with Crippen molar-refractivity contribution >= 4 is 23.6 Å². The van der Waals surface area contributed by atoms with Crippen molar-refractivity contribution < 1.29 is 23.4 Å². The molecule has 0 bridgehead atoms. The highest BCUT2D eigenvalue weighted by molar-refractivity contribution is 6.30. The Morgan fingerprint density at radius 2 is 2.02 bits per heavy atom. The van der Waals surface area contributed by atoms with Crippen molar-refractivity contribution in [2.45, 2.75) is 77.2 Å². The lowest BCUT2D eigenvalue weighted by molar-refractivity contribution is -0.137. The van der Waals surface area contributed by atoms with Crippen molar-refractivity contribution in [3.8, 4) is 5.75 Å². The van der Waals surface area contributed by atoms with Gasteiger partial charge < -0.3 is 18.8 Å². The van der Waals surface area contributed by atoms with Crippen molar-refractivity contribution in [3.05, 3.63) is 87.2 Å². The van der Waals surface area contributed by atoms with Crippen LogP contribution in [0.5, 0.6) is 5.75 Å². The molecule has 3 aromatic rings. The van der Waals surface area contributed by atoms with E-state index in [4.69, 9.17) is 30.8 Å². The predicted molar refractivity (Wildman–Crippen MR) is 164 cm³/mol. The number of likely N-dealkylation sites (tertiary alicyclic amines) is 1. The minimum absolute atomic E-state index is 0.167. The number of aromatic nitrogens is 2. The van der Waals surface area contributed by atoms with Gasteiger partial charge in [-0.3, -0.25) is 4.90 Å². The summed E-state index contributed by atoms with van der Waals surface area (Å²) in [5, 5.41) is 0.381. The molecule has 9 heteroatoms. The molecular weight excluding hydrogens is 569 g/mol. The number of carbonyl (C=O) groups excluding carboxylic acids is 1. The fourth-order valence-corrected chi connectivity index (χ4v) is 6.79. The molecule has 2 atom stereocenters. The molecule has 7 nitrogen and oxygen atoms in total. The van der Waals surface area contributed by atoms with Gasteiger partial charge in [-0.25, -0.2) is 14.2 Å². The first kappa shape index (κ1) is 29.9. The molecule has 0 aliphatic carbocycles. The average Bonchev–Trinajstić information content (AvgIpc) is 3.45. The third kappa shape index (κ3) is 6.24. The molecule has 228 valence electrons. The number of rotatable bonds is 9. The third-order valence-electron chi connectivity index (χ3n) is 8.99. The van der Waals surface area contributed by atoms with Crippen LogP contribution in [0.4, 0.5) is 4.39 Å². The molecule has 43 heavy (non-hydrogen) atoms. The first-order valence-electron chi connectivity index (χ1n) is 15.2. The predicted octanol–water partition coefficient (Wildman–Crippen LogP) is 6.58. The van der Waals surface area contributed by atoms with E-state index in [0.29, 0.717) is 29.5 Å². The molecule has 0 N–H and O–H groups in total. The highest BCUT2D eigenvalue weighted by Crippen LogP contribution is 2.47. The quantitative estimate of drug-likeness (QED) is 0.202. The number of ether oxygens (including phenoxy) is 3. The summed E-state index contributed by atoms with van der Waals surface area (Å²) in [4.78, 5) is 19.4. The van der Waals surface area contributed by atoms with E-state index in [0.717, 1.165) is 80.6 Å². The Bertz CT molecular complexity index is 1530. The number of imidazole rings is 1. The average molecular weight is 608 g/mol. The fraction of sp³-hybridized carbons (Fsp3) is 0.471. The molecule has 0 amide bonds. The Morgan fingerprint density at radius 1 is 1.23 bits per heavy atom. The maximum atomic E-state index is 14.9. The number of hydrogen-bond acceptors (Lipinski definition) is 6. The number of carbonyl (C=O) groups is 1. The smallest absolute Gasteiger partial charge is 0.330 e. The third-order valence-corrected chi connectivity index (χ3v) is 9.22. The summed E-state index contributed by atoms with van der Waals surface area (Å²) in [6.07, 6.45) is 7.09. The first-order chi connectivity index (χ1) is 20.7. The van der Waals surface area contributed by atoms with Gasteiger partial charge in [0.25, 0.3) is 0 Å². The van der Waals surface area contributed by atoms with Crippen LogP contribution in [0.2, 0.25) is 5.02 Å². The van der Waals surface area contributed by atoms with E-state index in [2.05, 4.69) is 27.7 Å². The molecule has 2 fully saturated rings. The van der Waals surface area contributed by atoms with Crippen LogP contribution in [0.25, 0.3) is 6.08 Å². The second kappa shape index (κ2) is 12.4. The van der Waals surface area contributed by atoms with E-state index in [1.807, 2.05) is 19.9 Å². The van der Waals surface area contributed by atoms with Crippen molar-refractivity contribution in [1.82, 2.24) is 14.5 Å². The van der Waals surface area contributed by atoms with Gasteiger partial charge in [0.15, 0.2) is 0 Å². The van der Waals surface area contributed by atoms with E-state index in [1.54, 1.807) is 19.1 Å². The molecule has 0 saturated carbocycles. The van der Waals surface area contributed by atoms with Crippen LogP contribution in [0.15, 0.2) is 42.5 Å². The van der Waals surface area contributed by atoms with Crippen molar-refractivity contribution in [2.24, 2.45) is 0 Å². The van der Waals surface area contributed by atoms with Crippen LogP contribution in [-0.4, -0.2) is 52.8 Å². The SMILES string of the molecule is CCOC(=O)/C=C/c1c(C)nc(CN2CCC(c3cccc4c3OC(C)(c3ccc(Cl)cc3F)C4)CC2)n1CC1CCO1. The monoisotopic (exact) mass is 607 g/mol. The molecule has 3 aliphatic heterocycles. The van der Waals surface area contributed by atoms with Crippen LogP contribution in [-0.2, 0) is 39.4 Å². The number of nitrogens with zero attached hydrogens (tertiary/aromatic N) is 3. The van der Waals surface area contributed by atoms with Crippen LogP contribution in [0, 0.1) is 12.7 Å². The van der Waals surface area contributed by atoms with Gasteiger partial charge in [0.2, 0.25) is 0 Å². The molecule has 0 radical (unpaired) electrons. The summed E-state index contributed by atoms with van der Waals surface area (Å²) in [6, 6.07) is 11.2. The van der Waals surface area contributed by atoms with E-state index in [-0.39, 0.29) is 17.9 Å². The van der Waals surface area contributed by atoms with E-state index in [9.17, 15) is 9.18 Å². The van der Waals surface area contributed by atoms with Crippen LogP contribution in [0.3, 0.4) is 0 Å². The van der Waals surface area contributed by atoms with Gasteiger partial charge in [0, 0.05) is 29.7 Å². The lowest BCUT2D eigenvalue weighted by Crippen LogP contribution is -2.35. The number of para-hydroxylation sites is 1. The highest BCUT2D eigenvalue weighted by Gasteiger charge is 2.40. The molecule has 2 aromatic carbocycles. The maximum absolute atomic E-state index is 14.9. The Kier molecular flexibility index (Phi) is 8.63. The normalized spacial score (nSPS) is 22.4. The lowest BCUT2D eigenvalue weighted by atomic mass is 9.86.